The van der Waals surface area contributed by atoms with E-state index < -0.39 is 10.0 Å². The Kier molecular flexibility index (Phi) is 4.23. The Bertz CT molecular complexity index is 917. The Morgan fingerprint density at radius 1 is 1.24 bits per heavy atom. The van der Waals surface area contributed by atoms with Gasteiger partial charge in [-0.15, -0.1) is 0 Å². The maximum atomic E-state index is 13.1. The number of morpholine rings is 1. The van der Waals surface area contributed by atoms with Crippen LogP contribution < -0.4 is 0 Å². The average Bonchev–Trinajstić information content (AvgIpc) is 3.08. The van der Waals surface area contributed by atoms with Gasteiger partial charge in [0, 0.05) is 31.9 Å². The molecule has 2 aromatic rings. The summed E-state index contributed by atoms with van der Waals surface area (Å²) in [4.78, 5) is 0.498. The van der Waals surface area contributed by atoms with Crippen LogP contribution in [0.2, 0.25) is 0 Å². The van der Waals surface area contributed by atoms with E-state index in [0.717, 1.165) is 17.5 Å². The lowest BCUT2D eigenvalue weighted by Gasteiger charge is -2.33. The van der Waals surface area contributed by atoms with Crippen LogP contribution in [0, 0.1) is 0 Å². The van der Waals surface area contributed by atoms with Gasteiger partial charge in [0.05, 0.1) is 23.8 Å². The number of aryl methyl sites for hydroxylation is 2. The van der Waals surface area contributed by atoms with Crippen molar-refractivity contribution in [3.05, 3.63) is 58.3 Å². The van der Waals surface area contributed by atoms with Gasteiger partial charge in [0.15, 0.2) is 0 Å². The van der Waals surface area contributed by atoms with Crippen LogP contribution in [0.4, 0.5) is 0 Å². The van der Waals surface area contributed by atoms with E-state index in [2.05, 4.69) is 11.2 Å². The fraction of sp³-hybridized carbons (Fsp3) is 0.389. The third-order valence-corrected chi connectivity index (χ3v) is 6.81. The molecule has 2 aliphatic rings. The first kappa shape index (κ1) is 16.5. The number of rotatable bonds is 3. The highest BCUT2D eigenvalue weighted by molar-refractivity contribution is 7.93. The molecule has 0 radical (unpaired) electrons. The van der Waals surface area contributed by atoms with E-state index in [-0.39, 0.29) is 6.10 Å². The van der Waals surface area contributed by atoms with Crippen molar-refractivity contribution in [2.45, 2.75) is 18.9 Å². The Hall–Kier alpha value is -1.96. The van der Waals surface area contributed by atoms with Crippen molar-refractivity contribution < 1.29 is 13.2 Å². The molecule has 7 heteroatoms. The van der Waals surface area contributed by atoms with Crippen molar-refractivity contribution in [1.29, 1.82) is 0 Å². The predicted molar refractivity (Wildman–Crippen MR) is 95.1 cm³/mol. The fourth-order valence-corrected chi connectivity index (χ4v) is 5.04. The molecule has 0 saturated carbocycles. The first-order valence-corrected chi connectivity index (χ1v) is 9.87. The van der Waals surface area contributed by atoms with Crippen molar-refractivity contribution in [2.24, 2.45) is 7.05 Å². The zero-order valence-electron chi connectivity index (χ0n) is 14.1. The largest absolute Gasteiger partial charge is 0.371 e. The molecule has 0 unspecified atom stereocenters. The minimum atomic E-state index is -3.47. The van der Waals surface area contributed by atoms with Gasteiger partial charge in [-0.1, -0.05) is 24.3 Å². The summed E-state index contributed by atoms with van der Waals surface area (Å²) in [5, 5.41) is 4.15. The quantitative estimate of drug-likeness (QED) is 0.842. The van der Waals surface area contributed by atoms with Crippen LogP contribution in [0.1, 0.15) is 29.2 Å². The Labute approximate surface area is 147 Å². The molecular weight excluding hydrogens is 338 g/mol. The van der Waals surface area contributed by atoms with Crippen molar-refractivity contribution in [3.8, 4) is 0 Å². The minimum absolute atomic E-state index is 0.270. The van der Waals surface area contributed by atoms with Crippen LogP contribution in [-0.4, -0.2) is 42.2 Å². The molecule has 6 nitrogen and oxygen atoms in total. The summed E-state index contributed by atoms with van der Waals surface area (Å²) in [7, 11) is -1.64. The maximum absolute atomic E-state index is 13.1. The summed E-state index contributed by atoms with van der Waals surface area (Å²) in [5.41, 5.74) is 3.12. The van der Waals surface area contributed by atoms with Crippen LogP contribution >= 0.6 is 0 Å². The van der Waals surface area contributed by atoms with Gasteiger partial charge in [-0.3, -0.25) is 4.68 Å². The van der Waals surface area contributed by atoms with Crippen LogP contribution in [0.3, 0.4) is 0 Å². The first-order chi connectivity index (χ1) is 12.0. The normalized spacial score (nSPS) is 21.6. The molecule has 1 aliphatic carbocycles. The number of benzene rings is 1. The lowest BCUT2D eigenvalue weighted by Crippen LogP contribution is -2.42. The third kappa shape index (κ3) is 3.15. The van der Waals surface area contributed by atoms with Gasteiger partial charge in [-0.05, 0) is 30.0 Å². The minimum Gasteiger partial charge on any atom is -0.371 e. The summed E-state index contributed by atoms with van der Waals surface area (Å²) in [6.45, 7) is 1.10. The highest BCUT2D eigenvalue weighted by Crippen LogP contribution is 2.31. The second-order valence-corrected chi connectivity index (χ2v) is 8.47. The third-order valence-electron chi connectivity index (χ3n) is 4.81. The Morgan fingerprint density at radius 3 is 2.88 bits per heavy atom. The van der Waals surface area contributed by atoms with Crippen LogP contribution in [0.5, 0.6) is 0 Å². The molecule has 1 fully saturated rings. The van der Waals surface area contributed by atoms with Gasteiger partial charge in [0.2, 0.25) is 10.0 Å². The second-order valence-electron chi connectivity index (χ2n) is 6.48. The van der Waals surface area contributed by atoms with Gasteiger partial charge < -0.3 is 4.74 Å². The van der Waals surface area contributed by atoms with Crippen molar-refractivity contribution in [1.82, 2.24) is 14.1 Å². The average molecular weight is 359 g/mol. The van der Waals surface area contributed by atoms with Crippen molar-refractivity contribution in [2.75, 3.05) is 19.7 Å². The summed E-state index contributed by atoms with van der Waals surface area (Å²) in [5.74, 6) is 0. The maximum Gasteiger partial charge on any atom is 0.239 e. The topological polar surface area (TPSA) is 64.4 Å². The zero-order chi connectivity index (χ0) is 17.4. The lowest BCUT2D eigenvalue weighted by atomic mass is 9.98. The number of sulfonamides is 1. The predicted octanol–water partition coefficient (Wildman–Crippen LogP) is 2.11. The fourth-order valence-electron chi connectivity index (χ4n) is 3.43. The zero-order valence-corrected chi connectivity index (χ0v) is 14.9. The van der Waals surface area contributed by atoms with Crippen molar-refractivity contribution >= 4 is 16.1 Å². The number of allylic oxidation sites excluding steroid dienone is 1. The van der Waals surface area contributed by atoms with E-state index in [4.69, 9.17) is 4.74 Å². The summed E-state index contributed by atoms with van der Waals surface area (Å²) in [6.07, 6.45) is 6.47. The molecule has 0 bridgehead atoms. The molecule has 0 spiro atoms. The molecule has 2 heterocycles. The number of hydrogen-bond acceptors (Lipinski definition) is 4. The van der Waals surface area contributed by atoms with E-state index in [1.807, 2.05) is 37.5 Å². The highest BCUT2D eigenvalue weighted by Gasteiger charge is 2.34. The number of ether oxygens (including phenoxy) is 1. The molecule has 4 rings (SSSR count). The van der Waals surface area contributed by atoms with E-state index in [9.17, 15) is 8.42 Å². The van der Waals surface area contributed by atoms with Gasteiger partial charge in [0.1, 0.15) is 0 Å². The number of hydrogen-bond donors (Lipinski definition) is 0. The smallest absolute Gasteiger partial charge is 0.239 e. The molecule has 1 aromatic heterocycles. The first-order valence-electron chi connectivity index (χ1n) is 8.43. The van der Waals surface area contributed by atoms with E-state index >= 15 is 0 Å². The molecular formula is C18H21N3O3S. The molecule has 0 N–H and O–H groups in total. The Morgan fingerprint density at radius 2 is 2.08 bits per heavy atom. The summed E-state index contributed by atoms with van der Waals surface area (Å²) >= 11 is 0. The Balaban J connectivity index is 1.59. The molecule has 1 saturated heterocycles. The van der Waals surface area contributed by atoms with Crippen LogP contribution in [-0.2, 0) is 28.2 Å². The molecule has 0 amide bonds. The lowest BCUT2D eigenvalue weighted by molar-refractivity contribution is -0.00233. The number of aromatic nitrogens is 2. The highest BCUT2D eigenvalue weighted by atomic mass is 32.2. The SMILES string of the molecule is Cn1cc([C@H]2CN(S(=O)(=O)C3=Cc4ccccc4CC3)CCO2)cn1. The monoisotopic (exact) mass is 359 g/mol. The van der Waals surface area contributed by atoms with Gasteiger partial charge >= 0.3 is 0 Å². The standard InChI is InChI=1S/C18H21N3O3S/c1-20-12-16(11-19-20)18-13-21(8-9-24-18)25(22,23)17-7-6-14-4-2-3-5-15(14)10-17/h2-5,10-12,18H,6-9,13H2,1H3/t18-/m1/s1. The molecule has 1 atom stereocenters. The number of nitrogens with zero attached hydrogens (tertiary/aromatic N) is 3. The van der Waals surface area contributed by atoms with Gasteiger partial charge in [-0.2, -0.15) is 9.40 Å². The molecule has 1 aliphatic heterocycles. The summed E-state index contributed by atoms with van der Waals surface area (Å²) < 4.78 is 35.2. The molecule has 25 heavy (non-hydrogen) atoms. The second kappa shape index (κ2) is 6.40. The number of fused-ring (bicyclic) bond motifs is 1. The van der Waals surface area contributed by atoms with Crippen molar-refractivity contribution in [3.63, 3.8) is 0 Å². The van der Waals surface area contributed by atoms with E-state index in [0.29, 0.717) is 31.0 Å². The van der Waals surface area contributed by atoms with E-state index in [1.54, 1.807) is 15.2 Å². The van der Waals surface area contributed by atoms with Crippen LogP contribution in [0.15, 0.2) is 41.6 Å². The van der Waals surface area contributed by atoms with Crippen LogP contribution in [0.25, 0.3) is 6.08 Å². The van der Waals surface area contributed by atoms with Gasteiger partial charge in [-0.25, -0.2) is 8.42 Å². The van der Waals surface area contributed by atoms with E-state index in [1.165, 1.54) is 5.56 Å². The molecule has 132 valence electrons. The van der Waals surface area contributed by atoms with Gasteiger partial charge in [0.25, 0.3) is 0 Å². The molecule has 1 aromatic carbocycles. The summed E-state index contributed by atoms with van der Waals surface area (Å²) in [6, 6.07) is 7.97.